The fraction of sp³-hybridized carbons (Fsp3) is 0.133. The molecule has 0 bridgehead atoms. The van der Waals surface area contributed by atoms with Crippen LogP contribution in [0.2, 0.25) is 0 Å². The number of nitro benzene ring substituents is 2. The molecule has 0 aliphatic heterocycles. The summed E-state index contributed by atoms with van der Waals surface area (Å²) in [4.78, 5) is 20.5. The molecule has 0 fully saturated rings. The topological polar surface area (TPSA) is 151 Å². The van der Waals surface area contributed by atoms with Crippen molar-refractivity contribution < 1.29 is 20.1 Å². The van der Waals surface area contributed by atoms with Gasteiger partial charge in [-0.3, -0.25) is 20.2 Å². The van der Waals surface area contributed by atoms with Gasteiger partial charge in [0.05, 0.1) is 27.9 Å². The van der Waals surface area contributed by atoms with E-state index in [1.807, 2.05) is 6.07 Å². The normalized spacial score (nSPS) is 11.5. The average molecular weight is 329 g/mol. The van der Waals surface area contributed by atoms with Crippen molar-refractivity contribution in [2.24, 2.45) is 0 Å². The molecule has 0 aliphatic carbocycles. The zero-order valence-corrected chi connectivity index (χ0v) is 12.1. The number of nitrogens with zero attached hydrogens (tertiary/aromatic N) is 3. The van der Waals surface area contributed by atoms with E-state index < -0.39 is 27.2 Å². The summed E-state index contributed by atoms with van der Waals surface area (Å²) in [5.41, 5.74) is -0.430. The molecule has 2 N–H and O–H groups in total. The van der Waals surface area contributed by atoms with E-state index >= 15 is 0 Å². The lowest BCUT2D eigenvalue weighted by atomic mass is 9.92. The molecule has 9 nitrogen and oxygen atoms in total. The molecule has 0 saturated heterocycles. The largest absolute Gasteiger partial charge is 0.508 e. The second-order valence-corrected chi connectivity index (χ2v) is 4.96. The third-order valence-electron chi connectivity index (χ3n) is 3.44. The van der Waals surface area contributed by atoms with Gasteiger partial charge in [-0.1, -0.05) is 6.07 Å². The first-order valence-corrected chi connectivity index (χ1v) is 6.66. The summed E-state index contributed by atoms with van der Waals surface area (Å²) in [6.07, 6.45) is -0.0744. The van der Waals surface area contributed by atoms with Gasteiger partial charge in [-0.05, 0) is 30.2 Å². The predicted octanol–water partition coefficient (Wildman–Crippen LogP) is 2.76. The van der Waals surface area contributed by atoms with Gasteiger partial charge in [-0.2, -0.15) is 5.26 Å². The molecule has 0 radical (unpaired) electrons. The van der Waals surface area contributed by atoms with Crippen molar-refractivity contribution in [3.63, 3.8) is 0 Å². The zero-order valence-electron chi connectivity index (χ0n) is 12.1. The van der Waals surface area contributed by atoms with E-state index in [9.17, 15) is 35.7 Å². The van der Waals surface area contributed by atoms with E-state index in [0.29, 0.717) is 0 Å². The number of hydrogen-bond acceptors (Lipinski definition) is 7. The highest BCUT2D eigenvalue weighted by atomic mass is 16.6. The van der Waals surface area contributed by atoms with Gasteiger partial charge in [0.15, 0.2) is 5.75 Å². The second-order valence-electron chi connectivity index (χ2n) is 4.96. The Morgan fingerprint density at radius 3 is 2.29 bits per heavy atom. The highest BCUT2D eigenvalue weighted by Gasteiger charge is 2.22. The molecule has 2 rings (SSSR count). The number of rotatable bonds is 5. The van der Waals surface area contributed by atoms with Crippen LogP contribution in [-0.2, 0) is 6.42 Å². The van der Waals surface area contributed by atoms with Gasteiger partial charge < -0.3 is 10.2 Å². The van der Waals surface area contributed by atoms with Crippen molar-refractivity contribution >= 4 is 11.4 Å². The lowest BCUT2D eigenvalue weighted by Crippen LogP contribution is -2.04. The Labute approximate surface area is 135 Å². The quantitative estimate of drug-likeness (QED) is 0.632. The van der Waals surface area contributed by atoms with Crippen molar-refractivity contribution in [3.05, 3.63) is 67.8 Å². The predicted molar refractivity (Wildman–Crippen MR) is 81.6 cm³/mol. The van der Waals surface area contributed by atoms with Crippen LogP contribution >= 0.6 is 0 Å². The molecule has 0 heterocycles. The molecule has 2 aromatic rings. The molecule has 0 saturated carbocycles. The minimum atomic E-state index is -0.896. The first-order valence-electron chi connectivity index (χ1n) is 6.66. The molecule has 1 atom stereocenters. The summed E-state index contributed by atoms with van der Waals surface area (Å²) < 4.78 is 0. The summed E-state index contributed by atoms with van der Waals surface area (Å²) in [7, 11) is 0. The van der Waals surface area contributed by atoms with Crippen LogP contribution in [0.25, 0.3) is 0 Å². The lowest BCUT2D eigenvalue weighted by Gasteiger charge is -2.10. The number of aromatic hydroxyl groups is 2. The summed E-state index contributed by atoms with van der Waals surface area (Å²) >= 11 is 0. The fourth-order valence-corrected chi connectivity index (χ4v) is 2.26. The van der Waals surface area contributed by atoms with Gasteiger partial charge in [0.25, 0.3) is 5.69 Å². The van der Waals surface area contributed by atoms with Gasteiger partial charge in [-0.15, -0.1) is 0 Å². The van der Waals surface area contributed by atoms with Crippen molar-refractivity contribution in [1.82, 2.24) is 0 Å². The van der Waals surface area contributed by atoms with Gasteiger partial charge >= 0.3 is 5.69 Å². The van der Waals surface area contributed by atoms with Crippen LogP contribution in [0.1, 0.15) is 17.0 Å². The molecule has 1 unspecified atom stereocenters. The average Bonchev–Trinajstić information content (AvgIpc) is 2.54. The molecule has 9 heteroatoms. The zero-order chi connectivity index (χ0) is 17.9. The minimum absolute atomic E-state index is 0.0744. The molecule has 0 aliphatic rings. The van der Waals surface area contributed by atoms with Crippen LogP contribution in [0.3, 0.4) is 0 Å². The molecule has 24 heavy (non-hydrogen) atoms. The molecule has 2 aromatic carbocycles. The lowest BCUT2D eigenvalue weighted by molar-refractivity contribution is -0.385. The SMILES string of the molecule is N#CC(Cc1ccc(O)cc1[N+](=O)[O-])c1ccc(O)c([N+](=O)[O-])c1. The van der Waals surface area contributed by atoms with Gasteiger partial charge in [0.2, 0.25) is 0 Å². The van der Waals surface area contributed by atoms with Crippen LogP contribution < -0.4 is 0 Å². The summed E-state index contributed by atoms with van der Waals surface area (Å²) in [6, 6.07) is 9.02. The molecular weight excluding hydrogens is 318 g/mol. The van der Waals surface area contributed by atoms with Crippen LogP contribution in [0.5, 0.6) is 11.5 Å². The number of phenolic OH excluding ortho intramolecular Hbond substituents is 2. The molecule has 0 spiro atoms. The highest BCUT2D eigenvalue weighted by Crippen LogP contribution is 2.33. The Kier molecular flexibility index (Phi) is 4.60. The van der Waals surface area contributed by atoms with Gasteiger partial charge in [0, 0.05) is 11.6 Å². The standard InChI is InChI=1S/C15H11N3O6/c16-8-11(9-2-4-15(20)14(6-9)18(23)24)5-10-1-3-12(19)7-13(10)17(21)22/h1-4,6-7,11,19-20H,5H2. The Hall–Kier alpha value is -3.67. The third-order valence-corrected chi connectivity index (χ3v) is 3.44. The maximum Gasteiger partial charge on any atom is 0.311 e. The molecule has 0 aromatic heterocycles. The number of nitro groups is 2. The van der Waals surface area contributed by atoms with E-state index in [1.54, 1.807) is 0 Å². The number of hydrogen-bond donors (Lipinski definition) is 2. The van der Waals surface area contributed by atoms with E-state index in [4.69, 9.17) is 0 Å². The molecule has 0 amide bonds. The first-order chi connectivity index (χ1) is 11.3. The number of phenols is 2. The van der Waals surface area contributed by atoms with Crippen LogP contribution in [0, 0.1) is 31.6 Å². The summed E-state index contributed by atoms with van der Waals surface area (Å²) in [5.74, 6) is -1.71. The molecular formula is C15H11N3O6. The monoisotopic (exact) mass is 329 g/mol. The maximum atomic E-state index is 11.1. The third kappa shape index (κ3) is 3.38. The summed E-state index contributed by atoms with van der Waals surface area (Å²) in [6.45, 7) is 0. The second kappa shape index (κ2) is 6.62. The first kappa shape index (κ1) is 16.7. The van der Waals surface area contributed by atoms with Crippen LogP contribution in [-0.4, -0.2) is 20.1 Å². The fourth-order valence-electron chi connectivity index (χ4n) is 2.26. The number of nitriles is 1. The smallest absolute Gasteiger partial charge is 0.311 e. The number of benzene rings is 2. The molecule has 122 valence electrons. The van der Waals surface area contributed by atoms with Crippen LogP contribution in [0.15, 0.2) is 36.4 Å². The van der Waals surface area contributed by atoms with E-state index in [2.05, 4.69) is 0 Å². The maximum absolute atomic E-state index is 11.1. The van der Waals surface area contributed by atoms with Crippen molar-refractivity contribution in [1.29, 1.82) is 5.26 Å². The Bertz CT molecular complexity index is 859. The van der Waals surface area contributed by atoms with E-state index in [-0.39, 0.29) is 29.0 Å². The van der Waals surface area contributed by atoms with Crippen LogP contribution in [0.4, 0.5) is 11.4 Å². The van der Waals surface area contributed by atoms with E-state index in [1.165, 1.54) is 18.2 Å². The minimum Gasteiger partial charge on any atom is -0.508 e. The Balaban J connectivity index is 2.42. The van der Waals surface area contributed by atoms with Gasteiger partial charge in [0.1, 0.15) is 5.75 Å². The van der Waals surface area contributed by atoms with Crippen molar-refractivity contribution in [2.75, 3.05) is 0 Å². The van der Waals surface area contributed by atoms with Crippen molar-refractivity contribution in [2.45, 2.75) is 12.3 Å². The highest BCUT2D eigenvalue weighted by molar-refractivity contribution is 5.51. The van der Waals surface area contributed by atoms with Gasteiger partial charge in [-0.25, -0.2) is 0 Å². The van der Waals surface area contributed by atoms with E-state index in [0.717, 1.165) is 18.2 Å². The Morgan fingerprint density at radius 2 is 1.71 bits per heavy atom. The Morgan fingerprint density at radius 1 is 1.04 bits per heavy atom. The summed E-state index contributed by atoms with van der Waals surface area (Å²) in [5, 5.41) is 50.1. The van der Waals surface area contributed by atoms with Crippen molar-refractivity contribution in [3.8, 4) is 17.6 Å².